The summed E-state index contributed by atoms with van der Waals surface area (Å²) in [4.78, 5) is 13.3. The quantitative estimate of drug-likeness (QED) is 0.712. The number of carbonyl (C=O) groups excluding carboxylic acids is 1. The van der Waals surface area contributed by atoms with Crippen LogP contribution in [0.5, 0.6) is 5.75 Å². The molecule has 0 saturated carbocycles. The standard InChI is InChI=1S/C11H13NO2S/c1-7-2-3-8(13)4-10(7)12-6-9(15)5-11(12)14/h2-4,9,13,15H,5-6H2,1H3. The zero-order chi connectivity index (χ0) is 11.0. The van der Waals surface area contributed by atoms with Crippen molar-refractivity contribution in [3.05, 3.63) is 23.8 Å². The molecule has 0 spiro atoms. The third-order valence-electron chi connectivity index (χ3n) is 2.59. The van der Waals surface area contributed by atoms with Crippen molar-refractivity contribution in [2.75, 3.05) is 11.4 Å². The molecule has 0 aliphatic carbocycles. The van der Waals surface area contributed by atoms with Crippen molar-refractivity contribution in [1.82, 2.24) is 0 Å². The molecule has 1 atom stereocenters. The van der Waals surface area contributed by atoms with E-state index in [1.165, 1.54) is 0 Å². The summed E-state index contributed by atoms with van der Waals surface area (Å²) >= 11 is 4.30. The van der Waals surface area contributed by atoms with Crippen LogP contribution in [0.4, 0.5) is 5.69 Å². The molecular formula is C11H13NO2S. The van der Waals surface area contributed by atoms with E-state index in [9.17, 15) is 9.90 Å². The van der Waals surface area contributed by atoms with Gasteiger partial charge in [-0.1, -0.05) is 6.07 Å². The lowest BCUT2D eigenvalue weighted by molar-refractivity contribution is -0.117. The molecule has 1 amide bonds. The van der Waals surface area contributed by atoms with E-state index in [1.807, 2.05) is 13.0 Å². The number of amides is 1. The molecule has 1 saturated heterocycles. The molecule has 1 N–H and O–H groups in total. The van der Waals surface area contributed by atoms with E-state index in [0.29, 0.717) is 13.0 Å². The van der Waals surface area contributed by atoms with Crippen molar-refractivity contribution >= 4 is 24.2 Å². The van der Waals surface area contributed by atoms with Crippen LogP contribution in [0.3, 0.4) is 0 Å². The van der Waals surface area contributed by atoms with Crippen molar-refractivity contribution in [2.24, 2.45) is 0 Å². The molecular weight excluding hydrogens is 210 g/mol. The molecule has 1 aliphatic rings. The fourth-order valence-corrected chi connectivity index (χ4v) is 2.13. The summed E-state index contributed by atoms with van der Waals surface area (Å²) in [6.07, 6.45) is 0.470. The van der Waals surface area contributed by atoms with E-state index in [0.717, 1.165) is 11.3 Å². The van der Waals surface area contributed by atoms with Crippen LogP contribution in [-0.4, -0.2) is 22.8 Å². The van der Waals surface area contributed by atoms with E-state index < -0.39 is 0 Å². The van der Waals surface area contributed by atoms with Crippen LogP contribution >= 0.6 is 12.6 Å². The highest BCUT2D eigenvalue weighted by Gasteiger charge is 2.29. The van der Waals surface area contributed by atoms with Crippen LogP contribution in [-0.2, 0) is 4.79 Å². The SMILES string of the molecule is Cc1ccc(O)cc1N1CC(S)CC1=O. The Morgan fingerprint density at radius 3 is 2.87 bits per heavy atom. The van der Waals surface area contributed by atoms with Gasteiger partial charge in [0.15, 0.2) is 0 Å². The monoisotopic (exact) mass is 223 g/mol. The third kappa shape index (κ3) is 1.95. The Morgan fingerprint density at radius 1 is 1.53 bits per heavy atom. The molecule has 1 aliphatic heterocycles. The van der Waals surface area contributed by atoms with Crippen LogP contribution in [0.15, 0.2) is 18.2 Å². The normalized spacial score (nSPS) is 21.1. The molecule has 80 valence electrons. The summed E-state index contributed by atoms with van der Waals surface area (Å²) in [5.74, 6) is 0.259. The van der Waals surface area contributed by atoms with Crippen LogP contribution in [0, 0.1) is 6.92 Å². The number of hydrogen-bond donors (Lipinski definition) is 2. The summed E-state index contributed by atoms with van der Waals surface area (Å²) in [7, 11) is 0. The van der Waals surface area contributed by atoms with Crippen molar-refractivity contribution in [1.29, 1.82) is 0 Å². The van der Waals surface area contributed by atoms with Gasteiger partial charge in [-0.05, 0) is 18.6 Å². The number of carbonyl (C=O) groups is 1. The van der Waals surface area contributed by atoms with Gasteiger partial charge in [-0.15, -0.1) is 0 Å². The molecule has 2 rings (SSSR count). The number of hydrogen-bond acceptors (Lipinski definition) is 3. The maximum atomic E-state index is 11.6. The molecule has 1 aromatic carbocycles. The predicted octanol–water partition coefficient (Wildman–Crippen LogP) is 1.74. The van der Waals surface area contributed by atoms with Gasteiger partial charge in [0.2, 0.25) is 5.91 Å². The van der Waals surface area contributed by atoms with E-state index in [2.05, 4.69) is 12.6 Å². The van der Waals surface area contributed by atoms with E-state index in [4.69, 9.17) is 0 Å². The second-order valence-corrected chi connectivity index (χ2v) is 4.56. The molecule has 3 nitrogen and oxygen atoms in total. The highest BCUT2D eigenvalue weighted by molar-refractivity contribution is 7.81. The summed E-state index contributed by atoms with van der Waals surface area (Å²) in [6, 6.07) is 5.06. The fraction of sp³-hybridized carbons (Fsp3) is 0.364. The van der Waals surface area contributed by atoms with Gasteiger partial charge in [0.05, 0.1) is 5.69 Å². The zero-order valence-corrected chi connectivity index (χ0v) is 9.37. The number of aromatic hydroxyl groups is 1. The minimum atomic E-state index is 0.0729. The minimum Gasteiger partial charge on any atom is -0.508 e. The molecule has 1 heterocycles. The lowest BCUT2D eigenvalue weighted by Gasteiger charge is -2.18. The van der Waals surface area contributed by atoms with Gasteiger partial charge in [0.25, 0.3) is 0 Å². The summed E-state index contributed by atoms with van der Waals surface area (Å²) in [6.45, 7) is 2.54. The molecule has 1 fully saturated rings. The second-order valence-electron chi connectivity index (χ2n) is 3.83. The average Bonchev–Trinajstić information content (AvgIpc) is 2.50. The molecule has 1 aromatic rings. The van der Waals surface area contributed by atoms with E-state index >= 15 is 0 Å². The van der Waals surface area contributed by atoms with Gasteiger partial charge in [0, 0.05) is 24.3 Å². The Hall–Kier alpha value is -1.16. The van der Waals surface area contributed by atoms with Crippen molar-refractivity contribution < 1.29 is 9.90 Å². The first kappa shape index (κ1) is 10.4. The molecule has 1 unspecified atom stereocenters. The Labute approximate surface area is 94.1 Å². The number of benzene rings is 1. The van der Waals surface area contributed by atoms with E-state index in [-0.39, 0.29) is 16.9 Å². The highest BCUT2D eigenvalue weighted by atomic mass is 32.1. The van der Waals surface area contributed by atoms with Gasteiger partial charge < -0.3 is 10.0 Å². The van der Waals surface area contributed by atoms with Gasteiger partial charge >= 0.3 is 0 Å². The Bertz CT molecular complexity index is 406. The first-order valence-electron chi connectivity index (χ1n) is 4.86. The smallest absolute Gasteiger partial charge is 0.228 e. The summed E-state index contributed by atoms with van der Waals surface area (Å²) in [5.41, 5.74) is 1.78. The number of nitrogens with zero attached hydrogens (tertiary/aromatic N) is 1. The van der Waals surface area contributed by atoms with Crippen LogP contribution in [0.1, 0.15) is 12.0 Å². The highest BCUT2D eigenvalue weighted by Crippen LogP contribution is 2.29. The second kappa shape index (κ2) is 3.77. The number of thiol groups is 1. The van der Waals surface area contributed by atoms with Gasteiger partial charge in [-0.25, -0.2) is 0 Å². The van der Waals surface area contributed by atoms with Gasteiger partial charge in [-0.3, -0.25) is 4.79 Å². The molecule has 0 aromatic heterocycles. The van der Waals surface area contributed by atoms with Gasteiger partial charge in [0.1, 0.15) is 5.75 Å². The number of phenolic OH excluding ortho intramolecular Hbond substituents is 1. The Morgan fingerprint density at radius 2 is 2.27 bits per heavy atom. The topological polar surface area (TPSA) is 40.5 Å². The van der Waals surface area contributed by atoms with Crippen molar-refractivity contribution in [3.63, 3.8) is 0 Å². The zero-order valence-electron chi connectivity index (χ0n) is 8.47. The predicted molar refractivity (Wildman–Crippen MR) is 62.6 cm³/mol. The molecule has 15 heavy (non-hydrogen) atoms. The maximum absolute atomic E-state index is 11.6. The van der Waals surface area contributed by atoms with E-state index in [1.54, 1.807) is 17.0 Å². The van der Waals surface area contributed by atoms with Crippen molar-refractivity contribution in [2.45, 2.75) is 18.6 Å². The summed E-state index contributed by atoms with van der Waals surface area (Å²) < 4.78 is 0. The molecule has 4 heteroatoms. The number of rotatable bonds is 1. The Balaban J connectivity index is 2.37. The minimum absolute atomic E-state index is 0.0729. The average molecular weight is 223 g/mol. The number of phenols is 1. The van der Waals surface area contributed by atoms with Crippen molar-refractivity contribution in [3.8, 4) is 5.75 Å². The molecule has 0 radical (unpaired) electrons. The lowest BCUT2D eigenvalue weighted by atomic mass is 10.2. The lowest BCUT2D eigenvalue weighted by Crippen LogP contribution is -2.25. The number of anilines is 1. The summed E-state index contributed by atoms with van der Waals surface area (Å²) in [5, 5.41) is 9.49. The number of aryl methyl sites for hydroxylation is 1. The largest absolute Gasteiger partial charge is 0.508 e. The fourth-order valence-electron chi connectivity index (χ4n) is 1.81. The third-order valence-corrected chi connectivity index (χ3v) is 2.93. The molecule has 0 bridgehead atoms. The maximum Gasteiger partial charge on any atom is 0.228 e. The first-order valence-corrected chi connectivity index (χ1v) is 5.37. The van der Waals surface area contributed by atoms with Crippen LogP contribution in [0.25, 0.3) is 0 Å². The van der Waals surface area contributed by atoms with Gasteiger partial charge in [-0.2, -0.15) is 12.6 Å². The first-order chi connectivity index (χ1) is 7.08. The Kier molecular flexibility index (Phi) is 2.61. The van der Waals surface area contributed by atoms with Crippen LogP contribution in [0.2, 0.25) is 0 Å². The van der Waals surface area contributed by atoms with Crippen LogP contribution < -0.4 is 4.90 Å².